The van der Waals surface area contributed by atoms with Gasteiger partial charge in [0.15, 0.2) is 5.17 Å². The summed E-state index contributed by atoms with van der Waals surface area (Å²) in [6.07, 6.45) is 0.0315. The molecule has 0 aromatic heterocycles. The van der Waals surface area contributed by atoms with Crippen LogP contribution < -0.4 is 15.4 Å². The highest BCUT2D eigenvalue weighted by Gasteiger charge is 2.32. The lowest BCUT2D eigenvalue weighted by atomic mass is 10.1. The second-order valence-corrected chi connectivity index (χ2v) is 8.71. The van der Waals surface area contributed by atoms with Gasteiger partial charge >= 0.3 is 0 Å². The van der Waals surface area contributed by atoms with E-state index in [1.807, 2.05) is 36.4 Å². The molecular formula is C25H20N4O3S. The highest BCUT2D eigenvalue weighted by atomic mass is 32.2. The summed E-state index contributed by atoms with van der Waals surface area (Å²) >= 11 is 1.21. The summed E-state index contributed by atoms with van der Waals surface area (Å²) in [5, 5.41) is 14.1. The van der Waals surface area contributed by atoms with E-state index in [9.17, 15) is 9.59 Å². The van der Waals surface area contributed by atoms with Crippen molar-refractivity contribution in [3.63, 3.8) is 0 Å². The standard InChI is InChI=1S/C25H20N4O3S/c1-32-16-12-10-15(11-13-16)26-22(30)14-21-24(31)27-25(33-21)29-28-23-19-8-4-2-6-17(19)18-7-3-5-9-20(18)23/h2-13,21H,14H2,1H3,(H,26,30)(H,27,29,31). The third-order valence-corrected chi connectivity index (χ3v) is 6.49. The summed E-state index contributed by atoms with van der Waals surface area (Å²) < 4.78 is 5.11. The van der Waals surface area contributed by atoms with Crippen LogP contribution in [0.3, 0.4) is 0 Å². The van der Waals surface area contributed by atoms with Crippen LogP contribution in [0.25, 0.3) is 11.1 Å². The molecule has 0 saturated carbocycles. The Morgan fingerprint density at radius 1 is 0.939 bits per heavy atom. The van der Waals surface area contributed by atoms with E-state index in [-0.39, 0.29) is 18.2 Å². The molecule has 1 atom stereocenters. The van der Waals surface area contributed by atoms with Crippen molar-refractivity contribution in [2.75, 3.05) is 12.4 Å². The largest absolute Gasteiger partial charge is 0.497 e. The fourth-order valence-electron chi connectivity index (χ4n) is 3.84. The maximum absolute atomic E-state index is 12.4. The number of thioether (sulfide) groups is 1. The predicted octanol–water partition coefficient (Wildman–Crippen LogP) is 4.04. The molecule has 8 heteroatoms. The van der Waals surface area contributed by atoms with Crippen molar-refractivity contribution in [1.82, 2.24) is 5.32 Å². The number of carbonyl (C=O) groups excluding carboxylic acids is 2. The van der Waals surface area contributed by atoms with Gasteiger partial charge in [0.1, 0.15) is 16.7 Å². The second-order valence-electron chi connectivity index (χ2n) is 7.52. The van der Waals surface area contributed by atoms with Crippen LogP contribution in [0.15, 0.2) is 83.0 Å². The third kappa shape index (κ3) is 4.25. The Morgan fingerprint density at radius 2 is 1.55 bits per heavy atom. The first-order valence-electron chi connectivity index (χ1n) is 10.4. The van der Waals surface area contributed by atoms with E-state index in [2.05, 4.69) is 33.0 Å². The zero-order valence-corrected chi connectivity index (χ0v) is 18.6. The highest BCUT2D eigenvalue weighted by Crippen LogP contribution is 2.36. The first-order chi connectivity index (χ1) is 16.1. The SMILES string of the molecule is COc1ccc(NC(=O)CC2S/C(=N/N=C3c4ccccc4-c4ccccc43)NC2=O)cc1. The number of ether oxygens (including phenoxy) is 1. The molecule has 0 radical (unpaired) electrons. The molecule has 2 N–H and O–H groups in total. The van der Waals surface area contributed by atoms with Crippen molar-refractivity contribution in [2.24, 2.45) is 10.2 Å². The van der Waals surface area contributed by atoms with Crippen molar-refractivity contribution >= 4 is 40.1 Å². The second kappa shape index (κ2) is 8.91. The molecule has 1 heterocycles. The van der Waals surface area contributed by atoms with Crippen LogP contribution in [0.1, 0.15) is 17.5 Å². The molecule has 3 aromatic carbocycles. The van der Waals surface area contributed by atoms with Gasteiger partial charge in [0.05, 0.1) is 7.11 Å². The number of carbonyl (C=O) groups is 2. The van der Waals surface area contributed by atoms with Crippen molar-refractivity contribution in [3.8, 4) is 16.9 Å². The molecule has 2 amide bonds. The van der Waals surface area contributed by atoms with Crippen molar-refractivity contribution in [3.05, 3.63) is 83.9 Å². The number of amides is 2. The fraction of sp³-hybridized carbons (Fsp3) is 0.120. The van der Waals surface area contributed by atoms with Crippen LogP contribution >= 0.6 is 11.8 Å². The molecule has 1 aliphatic carbocycles. The van der Waals surface area contributed by atoms with Crippen LogP contribution in [0.5, 0.6) is 5.75 Å². The summed E-state index contributed by atoms with van der Waals surface area (Å²) in [7, 11) is 1.58. The van der Waals surface area contributed by atoms with Gasteiger partial charge in [-0.1, -0.05) is 60.3 Å². The zero-order valence-electron chi connectivity index (χ0n) is 17.7. The Morgan fingerprint density at radius 3 is 2.15 bits per heavy atom. The van der Waals surface area contributed by atoms with E-state index in [0.717, 1.165) is 28.0 Å². The van der Waals surface area contributed by atoms with E-state index in [0.29, 0.717) is 16.6 Å². The number of hydrogen-bond donors (Lipinski definition) is 2. The third-order valence-electron chi connectivity index (χ3n) is 5.42. The number of nitrogens with zero attached hydrogens (tertiary/aromatic N) is 2. The lowest BCUT2D eigenvalue weighted by molar-refractivity contribution is -0.122. The molecule has 1 fully saturated rings. The van der Waals surface area contributed by atoms with E-state index in [1.165, 1.54) is 11.8 Å². The molecule has 3 aromatic rings. The molecule has 1 unspecified atom stereocenters. The molecule has 33 heavy (non-hydrogen) atoms. The van der Waals surface area contributed by atoms with Crippen LogP contribution in [0.2, 0.25) is 0 Å². The van der Waals surface area contributed by atoms with Gasteiger partial charge in [-0.15, -0.1) is 10.2 Å². The molecule has 7 nitrogen and oxygen atoms in total. The van der Waals surface area contributed by atoms with E-state index < -0.39 is 5.25 Å². The Hall–Kier alpha value is -3.91. The number of fused-ring (bicyclic) bond motifs is 3. The minimum absolute atomic E-state index is 0.0315. The number of benzene rings is 3. The van der Waals surface area contributed by atoms with Crippen molar-refractivity contribution in [1.29, 1.82) is 0 Å². The van der Waals surface area contributed by atoms with Gasteiger partial charge in [-0.05, 0) is 35.4 Å². The number of hydrogen-bond acceptors (Lipinski definition) is 6. The van der Waals surface area contributed by atoms with Gasteiger partial charge in [0, 0.05) is 23.2 Å². The normalized spacial score (nSPS) is 17.4. The first-order valence-corrected chi connectivity index (χ1v) is 11.3. The molecular weight excluding hydrogens is 436 g/mol. The Labute approximate surface area is 195 Å². The summed E-state index contributed by atoms with van der Waals surface area (Å²) in [6.45, 7) is 0. The van der Waals surface area contributed by atoms with Gasteiger partial charge in [-0.2, -0.15) is 0 Å². The maximum atomic E-state index is 12.4. The maximum Gasteiger partial charge on any atom is 0.240 e. The smallest absolute Gasteiger partial charge is 0.240 e. The molecule has 1 aliphatic heterocycles. The van der Waals surface area contributed by atoms with E-state index in [4.69, 9.17) is 4.74 Å². The lowest BCUT2D eigenvalue weighted by Gasteiger charge is -2.08. The van der Waals surface area contributed by atoms with Crippen molar-refractivity contribution in [2.45, 2.75) is 11.7 Å². The molecule has 0 bridgehead atoms. The number of methoxy groups -OCH3 is 1. The van der Waals surface area contributed by atoms with Gasteiger partial charge < -0.3 is 15.4 Å². The summed E-state index contributed by atoms with van der Waals surface area (Å²) in [6, 6.07) is 23.1. The van der Waals surface area contributed by atoms with Gasteiger partial charge in [0.25, 0.3) is 0 Å². The highest BCUT2D eigenvalue weighted by molar-refractivity contribution is 8.15. The molecule has 1 saturated heterocycles. The monoisotopic (exact) mass is 456 g/mol. The van der Waals surface area contributed by atoms with Gasteiger partial charge in [-0.3, -0.25) is 9.59 Å². The molecule has 0 spiro atoms. The molecule has 2 aliphatic rings. The lowest BCUT2D eigenvalue weighted by Crippen LogP contribution is -2.28. The molecule has 164 valence electrons. The fourth-order valence-corrected chi connectivity index (χ4v) is 4.76. The average molecular weight is 457 g/mol. The van der Waals surface area contributed by atoms with E-state index in [1.54, 1.807) is 31.4 Å². The zero-order chi connectivity index (χ0) is 22.8. The van der Waals surface area contributed by atoms with Crippen molar-refractivity contribution < 1.29 is 14.3 Å². The number of nitrogens with one attached hydrogen (secondary N) is 2. The predicted molar refractivity (Wildman–Crippen MR) is 131 cm³/mol. The van der Waals surface area contributed by atoms with Gasteiger partial charge in [0.2, 0.25) is 11.8 Å². The number of amidine groups is 1. The number of rotatable bonds is 5. The Bertz CT molecular complexity index is 1250. The quantitative estimate of drug-likeness (QED) is 0.443. The van der Waals surface area contributed by atoms with Crippen LogP contribution in [0, 0.1) is 0 Å². The van der Waals surface area contributed by atoms with Crippen LogP contribution in [-0.2, 0) is 9.59 Å². The topological polar surface area (TPSA) is 92.2 Å². The van der Waals surface area contributed by atoms with Crippen LogP contribution in [0.4, 0.5) is 5.69 Å². The average Bonchev–Trinajstić information content (AvgIpc) is 3.35. The summed E-state index contributed by atoms with van der Waals surface area (Å²) in [5.74, 6) is 0.198. The molecule has 5 rings (SSSR count). The Balaban J connectivity index is 1.29. The summed E-state index contributed by atoms with van der Waals surface area (Å²) in [5.41, 5.74) is 5.65. The minimum atomic E-state index is -0.564. The summed E-state index contributed by atoms with van der Waals surface area (Å²) in [4.78, 5) is 24.8. The minimum Gasteiger partial charge on any atom is -0.497 e. The Kier molecular flexibility index (Phi) is 5.66. The number of anilines is 1. The van der Waals surface area contributed by atoms with E-state index >= 15 is 0 Å². The first kappa shape index (κ1) is 21.0. The van der Waals surface area contributed by atoms with Crippen LogP contribution in [-0.4, -0.2) is 35.1 Å². The van der Waals surface area contributed by atoms with Gasteiger partial charge in [-0.25, -0.2) is 0 Å².